The first-order chi connectivity index (χ1) is 17.2. The molecule has 0 radical (unpaired) electrons. The predicted molar refractivity (Wildman–Crippen MR) is 133 cm³/mol. The second kappa shape index (κ2) is 12.1. The molecule has 1 aliphatic rings. The summed E-state index contributed by atoms with van der Waals surface area (Å²) in [5, 5.41) is 23.4. The highest BCUT2D eigenvalue weighted by molar-refractivity contribution is 5.88. The minimum absolute atomic E-state index is 0.195. The van der Waals surface area contributed by atoms with E-state index in [4.69, 9.17) is 10.5 Å². The largest absolute Gasteiger partial charge is 0.491 e. The van der Waals surface area contributed by atoms with Crippen LogP contribution in [0.25, 0.3) is 0 Å². The third-order valence-corrected chi connectivity index (χ3v) is 5.43. The van der Waals surface area contributed by atoms with Crippen LogP contribution in [0.15, 0.2) is 48.9 Å². The standard InChI is InChI=1S/C14H21N3O2.C10H10N4O3/c1-16(2)12-11-15-14(17-6-3-4-7-17)10-13(12)19-9-5-8-18;11-8(15)9-12-6-14(13-9)10(16,17)7-4-2-1-3-5-7/h8,10-11H,3-7,9H2,1-2H3;1-6,16-17H,(H2,11,15). The number of aldehydes is 1. The molecule has 12 heteroatoms. The van der Waals surface area contributed by atoms with Crippen LogP contribution in [0.1, 0.15) is 35.4 Å². The minimum Gasteiger partial charge on any atom is -0.491 e. The number of hydrogen-bond donors (Lipinski definition) is 3. The molecule has 192 valence electrons. The van der Waals surface area contributed by atoms with Crippen LogP contribution in [0.3, 0.4) is 0 Å². The van der Waals surface area contributed by atoms with Crippen molar-refractivity contribution in [2.45, 2.75) is 25.2 Å². The van der Waals surface area contributed by atoms with E-state index in [1.165, 1.54) is 25.0 Å². The Labute approximate surface area is 208 Å². The van der Waals surface area contributed by atoms with Gasteiger partial charge in [0.05, 0.1) is 18.5 Å². The number of nitrogens with two attached hydrogens (primary N) is 1. The SMILES string of the molecule is CN(C)c1cnc(N2CCCC2)cc1OCCC=O.NC(=O)c1ncn(C(O)(O)c2ccccc2)n1. The van der Waals surface area contributed by atoms with E-state index in [0.717, 1.165) is 47.6 Å². The van der Waals surface area contributed by atoms with E-state index in [-0.39, 0.29) is 11.4 Å². The molecule has 0 spiro atoms. The van der Waals surface area contributed by atoms with Crippen LogP contribution < -0.4 is 20.3 Å². The van der Waals surface area contributed by atoms with E-state index in [1.807, 2.05) is 31.3 Å². The number of carbonyl (C=O) groups excluding carboxylic acids is 2. The molecule has 0 aliphatic carbocycles. The molecule has 4 N–H and O–H groups in total. The fraction of sp³-hybridized carbons (Fsp3) is 0.375. The zero-order valence-corrected chi connectivity index (χ0v) is 20.3. The zero-order valence-electron chi connectivity index (χ0n) is 20.3. The maximum absolute atomic E-state index is 10.8. The van der Waals surface area contributed by atoms with Crippen molar-refractivity contribution in [1.29, 1.82) is 0 Å². The van der Waals surface area contributed by atoms with Gasteiger partial charge in [0.25, 0.3) is 11.8 Å². The van der Waals surface area contributed by atoms with Crippen LogP contribution >= 0.6 is 0 Å². The molecule has 3 aromatic rings. The summed E-state index contributed by atoms with van der Waals surface area (Å²) in [6.07, 6.45) is 6.58. The van der Waals surface area contributed by atoms with Gasteiger partial charge in [-0.05, 0) is 12.8 Å². The van der Waals surface area contributed by atoms with Crippen molar-refractivity contribution >= 4 is 23.7 Å². The van der Waals surface area contributed by atoms with Crippen molar-refractivity contribution in [3.05, 3.63) is 60.3 Å². The van der Waals surface area contributed by atoms with Crippen LogP contribution in [0.4, 0.5) is 11.5 Å². The molecule has 2 aromatic heterocycles. The number of primary amides is 1. The molecule has 1 amide bonds. The van der Waals surface area contributed by atoms with E-state index in [2.05, 4.69) is 20.0 Å². The molecule has 1 aliphatic heterocycles. The van der Waals surface area contributed by atoms with Crippen molar-refractivity contribution in [1.82, 2.24) is 19.7 Å². The number of anilines is 2. The monoisotopic (exact) mass is 497 g/mol. The van der Waals surface area contributed by atoms with Gasteiger partial charge in [-0.1, -0.05) is 30.3 Å². The first kappa shape index (κ1) is 26.6. The highest BCUT2D eigenvalue weighted by Crippen LogP contribution is 2.31. The Morgan fingerprint density at radius 1 is 1.19 bits per heavy atom. The zero-order chi connectivity index (χ0) is 26.1. The number of benzene rings is 1. The van der Waals surface area contributed by atoms with Crippen molar-refractivity contribution in [3.63, 3.8) is 0 Å². The molecule has 1 fully saturated rings. The molecule has 12 nitrogen and oxygen atoms in total. The van der Waals surface area contributed by atoms with Gasteiger partial charge in [-0.15, -0.1) is 5.10 Å². The van der Waals surface area contributed by atoms with Crippen LogP contribution in [-0.4, -0.2) is 75.9 Å². The van der Waals surface area contributed by atoms with Gasteiger partial charge in [-0.25, -0.2) is 9.97 Å². The third-order valence-electron chi connectivity index (χ3n) is 5.43. The normalized spacial score (nSPS) is 13.1. The summed E-state index contributed by atoms with van der Waals surface area (Å²) in [6, 6.07) is 10.0. The van der Waals surface area contributed by atoms with Gasteiger partial charge in [0, 0.05) is 45.2 Å². The molecule has 1 aromatic carbocycles. The number of ether oxygens (including phenoxy) is 1. The molecular weight excluding hydrogens is 466 g/mol. The number of aliphatic hydroxyl groups is 2. The number of nitrogens with zero attached hydrogens (tertiary/aromatic N) is 6. The fourth-order valence-corrected chi connectivity index (χ4v) is 3.53. The summed E-state index contributed by atoms with van der Waals surface area (Å²) >= 11 is 0. The quantitative estimate of drug-likeness (QED) is 0.218. The summed E-state index contributed by atoms with van der Waals surface area (Å²) in [4.78, 5) is 33.5. The molecule has 1 saturated heterocycles. The summed E-state index contributed by atoms with van der Waals surface area (Å²) in [6.45, 7) is 2.53. The lowest BCUT2D eigenvalue weighted by Gasteiger charge is -2.21. The molecule has 36 heavy (non-hydrogen) atoms. The van der Waals surface area contributed by atoms with E-state index < -0.39 is 11.8 Å². The minimum atomic E-state index is -2.37. The predicted octanol–water partition coefficient (Wildman–Crippen LogP) is 0.736. The van der Waals surface area contributed by atoms with Crippen LogP contribution in [0.2, 0.25) is 0 Å². The summed E-state index contributed by atoms with van der Waals surface area (Å²) in [5.41, 5.74) is 6.10. The summed E-state index contributed by atoms with van der Waals surface area (Å²) < 4.78 is 6.45. The first-order valence-electron chi connectivity index (χ1n) is 11.4. The fourth-order valence-electron chi connectivity index (χ4n) is 3.53. The topological polar surface area (TPSA) is 160 Å². The van der Waals surface area contributed by atoms with Crippen molar-refractivity contribution in [2.75, 3.05) is 43.6 Å². The number of carbonyl (C=O) groups is 2. The Morgan fingerprint density at radius 2 is 1.89 bits per heavy atom. The third kappa shape index (κ3) is 6.55. The van der Waals surface area contributed by atoms with Crippen molar-refractivity contribution in [3.8, 4) is 5.75 Å². The Kier molecular flexibility index (Phi) is 8.92. The van der Waals surface area contributed by atoms with Gasteiger partial charge < -0.3 is 35.3 Å². The van der Waals surface area contributed by atoms with E-state index in [1.54, 1.807) is 18.2 Å². The number of amides is 1. The van der Waals surface area contributed by atoms with E-state index in [9.17, 15) is 19.8 Å². The second-order valence-electron chi connectivity index (χ2n) is 8.28. The molecule has 4 rings (SSSR count). The summed E-state index contributed by atoms with van der Waals surface area (Å²) in [7, 11) is 3.91. The van der Waals surface area contributed by atoms with Gasteiger partial charge >= 0.3 is 0 Å². The van der Waals surface area contributed by atoms with E-state index >= 15 is 0 Å². The second-order valence-corrected chi connectivity index (χ2v) is 8.28. The molecule has 0 unspecified atom stereocenters. The lowest BCUT2D eigenvalue weighted by molar-refractivity contribution is -0.200. The van der Waals surface area contributed by atoms with Gasteiger partial charge in [0.1, 0.15) is 24.2 Å². The Hall–Kier alpha value is -4.03. The molecule has 3 heterocycles. The average molecular weight is 498 g/mol. The summed E-state index contributed by atoms with van der Waals surface area (Å²) in [5.74, 6) is -1.74. The van der Waals surface area contributed by atoms with Crippen LogP contribution in [-0.2, 0) is 10.7 Å². The maximum atomic E-state index is 10.8. The van der Waals surface area contributed by atoms with Crippen LogP contribution in [0.5, 0.6) is 5.75 Å². The molecule has 0 bridgehead atoms. The first-order valence-corrected chi connectivity index (χ1v) is 11.4. The van der Waals surface area contributed by atoms with Gasteiger partial charge in [-0.3, -0.25) is 4.79 Å². The van der Waals surface area contributed by atoms with Crippen molar-refractivity contribution < 1.29 is 24.5 Å². The highest BCUT2D eigenvalue weighted by Gasteiger charge is 2.30. The Balaban J connectivity index is 0.000000202. The number of hydrogen-bond acceptors (Lipinski definition) is 10. The highest BCUT2D eigenvalue weighted by atomic mass is 16.5. The van der Waals surface area contributed by atoms with Gasteiger partial charge in [0.15, 0.2) is 0 Å². The lowest BCUT2D eigenvalue weighted by Crippen LogP contribution is -2.35. The number of aromatic nitrogens is 4. The lowest BCUT2D eigenvalue weighted by atomic mass is 10.1. The smallest absolute Gasteiger partial charge is 0.295 e. The average Bonchev–Trinajstić information content (AvgIpc) is 3.58. The van der Waals surface area contributed by atoms with Crippen molar-refractivity contribution in [2.24, 2.45) is 5.73 Å². The molecule has 0 atom stereocenters. The van der Waals surface area contributed by atoms with Crippen LogP contribution in [0, 0.1) is 0 Å². The molecule has 0 saturated carbocycles. The Morgan fingerprint density at radius 3 is 2.47 bits per heavy atom. The number of rotatable bonds is 9. The van der Waals surface area contributed by atoms with E-state index in [0.29, 0.717) is 13.0 Å². The van der Waals surface area contributed by atoms with Gasteiger partial charge in [0.2, 0.25) is 5.82 Å². The molecular formula is C24H31N7O5. The van der Waals surface area contributed by atoms with Gasteiger partial charge in [-0.2, -0.15) is 4.68 Å². The number of pyridine rings is 1. The maximum Gasteiger partial charge on any atom is 0.295 e. The Bertz CT molecular complexity index is 1140.